The van der Waals surface area contributed by atoms with Crippen molar-refractivity contribution >= 4 is 51.5 Å². The van der Waals surface area contributed by atoms with Crippen LogP contribution in [0.1, 0.15) is 31.7 Å². The zero-order chi connectivity index (χ0) is 20.6. The van der Waals surface area contributed by atoms with Gasteiger partial charge in [0.25, 0.3) is 0 Å². The lowest BCUT2D eigenvalue weighted by Crippen LogP contribution is -2.42. The molecule has 0 bridgehead atoms. The second-order valence-corrected chi connectivity index (χ2v) is 9.47. The summed E-state index contributed by atoms with van der Waals surface area (Å²) in [4.78, 5) is 18.2. The molecule has 0 radical (unpaired) electrons. The molecule has 0 aliphatic carbocycles. The third kappa shape index (κ3) is 9.66. The van der Waals surface area contributed by atoms with Crippen LogP contribution >= 0.6 is 24.0 Å². The van der Waals surface area contributed by atoms with Gasteiger partial charge in [0.2, 0.25) is 0 Å². The van der Waals surface area contributed by atoms with E-state index in [4.69, 9.17) is 0 Å². The van der Waals surface area contributed by atoms with Gasteiger partial charge in [0.05, 0.1) is 5.75 Å². The van der Waals surface area contributed by atoms with Gasteiger partial charge in [-0.15, -0.1) is 24.0 Å². The molecule has 29 heavy (non-hydrogen) atoms. The van der Waals surface area contributed by atoms with Crippen molar-refractivity contribution in [3.8, 4) is 0 Å². The van der Waals surface area contributed by atoms with Gasteiger partial charge in [-0.3, -0.25) is 4.99 Å². The smallest absolute Gasteiger partial charge is 0.321 e. The monoisotopic (exact) mass is 537 g/mol. The van der Waals surface area contributed by atoms with Crippen molar-refractivity contribution < 1.29 is 13.2 Å². The lowest BCUT2D eigenvalue weighted by atomic mass is 10.2. The van der Waals surface area contributed by atoms with Crippen molar-refractivity contribution in [3.05, 3.63) is 29.8 Å². The molecule has 164 valence electrons. The van der Waals surface area contributed by atoms with Gasteiger partial charge in [-0.25, -0.2) is 13.2 Å². The van der Waals surface area contributed by atoms with Crippen LogP contribution in [-0.2, 0) is 16.4 Å². The quantitative estimate of drug-likeness (QED) is 0.282. The first-order chi connectivity index (χ1) is 13.3. The molecule has 1 heterocycles. The van der Waals surface area contributed by atoms with Crippen LogP contribution in [-0.4, -0.2) is 63.5 Å². The van der Waals surface area contributed by atoms with Gasteiger partial charge in [-0.2, -0.15) is 0 Å². The van der Waals surface area contributed by atoms with Gasteiger partial charge < -0.3 is 20.9 Å². The summed E-state index contributed by atoms with van der Waals surface area (Å²) in [5.41, 5.74) is 1.77. The molecule has 0 aromatic heterocycles. The van der Waals surface area contributed by atoms with Crippen LogP contribution < -0.4 is 16.0 Å². The number of nitrogens with zero attached hydrogens (tertiary/aromatic N) is 2. The van der Waals surface area contributed by atoms with Gasteiger partial charge in [0.1, 0.15) is 9.84 Å². The summed E-state index contributed by atoms with van der Waals surface area (Å²) in [7, 11) is -1.30. The topological polar surface area (TPSA) is 103 Å². The van der Waals surface area contributed by atoms with Crippen LogP contribution in [0.15, 0.2) is 29.3 Å². The lowest BCUT2D eigenvalue weighted by Gasteiger charge is -2.18. The Morgan fingerprint density at radius 1 is 1.28 bits per heavy atom. The first kappa shape index (κ1) is 25.5. The summed E-state index contributed by atoms with van der Waals surface area (Å²) in [5.74, 6) is 0.740. The third-order valence-corrected chi connectivity index (χ3v) is 5.54. The summed E-state index contributed by atoms with van der Waals surface area (Å²) in [6.07, 6.45) is 3.87. The number of aliphatic imine (C=N–C) groups is 1. The van der Waals surface area contributed by atoms with Crippen LogP contribution in [0, 0.1) is 0 Å². The first-order valence-electron chi connectivity index (χ1n) is 9.56. The molecule has 8 nitrogen and oxygen atoms in total. The summed E-state index contributed by atoms with van der Waals surface area (Å²) in [6.45, 7) is 4.08. The number of carbonyl (C=O) groups excluding carboxylic acids is 1. The van der Waals surface area contributed by atoms with Crippen molar-refractivity contribution in [2.75, 3.05) is 37.5 Å². The van der Waals surface area contributed by atoms with Gasteiger partial charge in [0, 0.05) is 44.7 Å². The van der Waals surface area contributed by atoms with Crippen LogP contribution in [0.5, 0.6) is 0 Å². The fourth-order valence-corrected chi connectivity index (χ4v) is 3.74. The minimum Gasteiger partial charge on any atom is -0.354 e. The Bertz CT molecular complexity index is 795. The number of anilines is 1. The van der Waals surface area contributed by atoms with E-state index in [1.165, 1.54) is 6.26 Å². The Morgan fingerprint density at radius 2 is 1.97 bits per heavy atom. The van der Waals surface area contributed by atoms with Crippen LogP contribution in [0.3, 0.4) is 0 Å². The number of benzene rings is 1. The molecule has 2 amide bonds. The van der Waals surface area contributed by atoms with Gasteiger partial charge >= 0.3 is 6.03 Å². The molecule has 1 aromatic rings. The maximum absolute atomic E-state index is 12.2. The number of rotatable bonds is 7. The second-order valence-electron chi connectivity index (χ2n) is 7.21. The Morgan fingerprint density at radius 3 is 2.59 bits per heavy atom. The molecular formula is C19H32IN5O3S. The number of carbonyl (C=O) groups is 1. The van der Waals surface area contributed by atoms with E-state index in [-0.39, 0.29) is 41.8 Å². The molecule has 1 atom stereocenters. The van der Waals surface area contributed by atoms with Gasteiger partial charge in [-0.05, 0) is 43.9 Å². The van der Waals surface area contributed by atoms with Crippen molar-refractivity contribution in [1.29, 1.82) is 0 Å². The molecule has 3 N–H and O–H groups in total. The van der Waals surface area contributed by atoms with E-state index in [1.807, 2.05) is 36.1 Å². The zero-order valence-corrected chi connectivity index (χ0v) is 20.4. The van der Waals surface area contributed by atoms with E-state index in [1.54, 1.807) is 7.05 Å². The van der Waals surface area contributed by atoms with E-state index in [9.17, 15) is 13.2 Å². The Balaban J connectivity index is 0.00000420. The van der Waals surface area contributed by atoms with Crippen molar-refractivity contribution in [1.82, 2.24) is 15.5 Å². The molecule has 1 unspecified atom stereocenters. The molecule has 10 heteroatoms. The number of urea groups is 1. The Labute approximate surface area is 190 Å². The van der Waals surface area contributed by atoms with Crippen molar-refractivity contribution in [2.45, 2.75) is 38.8 Å². The highest BCUT2D eigenvalue weighted by atomic mass is 127. The van der Waals surface area contributed by atoms with Crippen molar-refractivity contribution in [3.63, 3.8) is 0 Å². The molecule has 1 fully saturated rings. The molecule has 0 saturated carbocycles. The van der Waals surface area contributed by atoms with Crippen molar-refractivity contribution in [2.24, 2.45) is 4.99 Å². The third-order valence-electron chi connectivity index (χ3n) is 4.56. The van der Waals surface area contributed by atoms with E-state index in [0.717, 1.165) is 37.2 Å². The van der Waals surface area contributed by atoms with E-state index >= 15 is 0 Å². The standard InChI is InChI=1S/C19H31N5O3S.HI/c1-15(9-12-28(3,26)27)22-18(20-2)21-14-16-7-6-8-17(13-16)23-19(25)24-10-4-5-11-24;/h6-8,13,15H,4-5,9-12,14H2,1-3H3,(H,23,25)(H2,20,21,22);1H. The number of amides is 2. The minimum absolute atomic E-state index is 0. The normalized spacial score (nSPS) is 15.4. The molecular weight excluding hydrogens is 505 g/mol. The lowest BCUT2D eigenvalue weighted by molar-refractivity contribution is 0.222. The number of hydrogen-bond acceptors (Lipinski definition) is 4. The highest BCUT2D eigenvalue weighted by Crippen LogP contribution is 2.14. The summed E-state index contributed by atoms with van der Waals surface area (Å²) < 4.78 is 22.6. The molecule has 2 rings (SSSR count). The highest BCUT2D eigenvalue weighted by Gasteiger charge is 2.17. The fourth-order valence-electron chi connectivity index (χ4n) is 2.96. The van der Waals surface area contributed by atoms with E-state index < -0.39 is 9.84 Å². The van der Waals surface area contributed by atoms with Gasteiger partial charge in [-0.1, -0.05) is 12.1 Å². The van der Waals surface area contributed by atoms with E-state index in [2.05, 4.69) is 20.9 Å². The molecule has 1 aliphatic rings. The number of nitrogens with one attached hydrogen (secondary N) is 3. The number of likely N-dealkylation sites (tertiary alicyclic amines) is 1. The second kappa shape index (κ2) is 12.2. The van der Waals surface area contributed by atoms with Crippen LogP contribution in [0.2, 0.25) is 0 Å². The molecule has 1 aromatic carbocycles. The zero-order valence-electron chi connectivity index (χ0n) is 17.3. The summed E-state index contributed by atoms with van der Waals surface area (Å²) >= 11 is 0. The Kier molecular flexibility index (Phi) is 10.7. The van der Waals surface area contributed by atoms with Crippen LogP contribution in [0.25, 0.3) is 0 Å². The average molecular weight is 537 g/mol. The number of guanidine groups is 1. The maximum atomic E-state index is 12.2. The molecule has 1 saturated heterocycles. The number of hydrogen-bond donors (Lipinski definition) is 3. The number of sulfone groups is 1. The maximum Gasteiger partial charge on any atom is 0.321 e. The predicted octanol–water partition coefficient (Wildman–Crippen LogP) is 2.42. The first-order valence-corrected chi connectivity index (χ1v) is 11.6. The average Bonchev–Trinajstić information content (AvgIpc) is 3.18. The van der Waals surface area contributed by atoms with E-state index in [0.29, 0.717) is 18.9 Å². The fraction of sp³-hybridized carbons (Fsp3) is 0.579. The SMILES string of the molecule is CN=C(NCc1cccc(NC(=O)N2CCCC2)c1)NC(C)CCS(C)(=O)=O.I. The Hall–Kier alpha value is -1.56. The van der Waals surface area contributed by atoms with Crippen LogP contribution in [0.4, 0.5) is 10.5 Å². The molecule has 0 spiro atoms. The number of halogens is 1. The summed E-state index contributed by atoms with van der Waals surface area (Å²) in [6, 6.07) is 7.60. The summed E-state index contributed by atoms with van der Waals surface area (Å²) in [5, 5.41) is 9.35. The largest absolute Gasteiger partial charge is 0.354 e. The minimum atomic E-state index is -2.98. The predicted molar refractivity (Wildman–Crippen MR) is 129 cm³/mol. The highest BCUT2D eigenvalue weighted by molar-refractivity contribution is 14.0. The molecule has 1 aliphatic heterocycles. The van der Waals surface area contributed by atoms with Gasteiger partial charge in [0.15, 0.2) is 5.96 Å².